The summed E-state index contributed by atoms with van der Waals surface area (Å²) in [7, 11) is 3.54. The van der Waals surface area contributed by atoms with Crippen molar-refractivity contribution in [3.05, 3.63) is 82.1 Å². The molecule has 4 rings (SSSR count). The highest BCUT2D eigenvalue weighted by molar-refractivity contribution is 5.92. The average Bonchev–Trinajstić information content (AvgIpc) is 3.33. The molecule has 0 spiro atoms. The number of nitrogens with one attached hydrogen (secondary N) is 1. The van der Waals surface area contributed by atoms with Gasteiger partial charge in [-0.3, -0.25) is 9.59 Å². The van der Waals surface area contributed by atoms with Gasteiger partial charge in [0.2, 0.25) is 0 Å². The van der Waals surface area contributed by atoms with E-state index in [1.54, 1.807) is 42.6 Å². The number of hydrogen-bond acceptors (Lipinski definition) is 7. The second-order valence-electron chi connectivity index (χ2n) is 8.97. The summed E-state index contributed by atoms with van der Waals surface area (Å²) < 4.78 is 12.5. The van der Waals surface area contributed by atoms with E-state index in [0.29, 0.717) is 31.2 Å². The van der Waals surface area contributed by atoms with Gasteiger partial charge in [0.1, 0.15) is 11.5 Å². The van der Waals surface area contributed by atoms with Gasteiger partial charge in [-0.05, 0) is 55.5 Å². The van der Waals surface area contributed by atoms with Gasteiger partial charge in [0.15, 0.2) is 5.69 Å². The third-order valence-electron chi connectivity index (χ3n) is 6.19. The lowest BCUT2D eigenvalue weighted by atomic mass is 10.2. The van der Waals surface area contributed by atoms with E-state index in [9.17, 15) is 9.59 Å². The van der Waals surface area contributed by atoms with Crippen molar-refractivity contribution in [2.45, 2.75) is 13.3 Å². The highest BCUT2D eigenvalue weighted by Gasteiger charge is 2.15. The van der Waals surface area contributed by atoms with Gasteiger partial charge in [0, 0.05) is 64.3 Å². The number of amides is 1. The maximum atomic E-state index is 12.3. The zero-order chi connectivity index (χ0) is 25.5. The standard InChI is InChI=1S/C27H33N5O4/c1-20-17-24(29-36-20)27(34)30(2)15-11-28-19-21-9-13-32(14-10-21)12-4-16-35-23-6-7-25-22(18-23)5-8-26(33)31(25)3/h5-10,13,17-18,28H,4,11-12,14-16,19H2,1-3H3. The van der Waals surface area contributed by atoms with Gasteiger partial charge in [0.05, 0.1) is 12.1 Å². The Morgan fingerprint density at radius 1 is 1.25 bits per heavy atom. The molecular weight excluding hydrogens is 458 g/mol. The lowest BCUT2D eigenvalue weighted by Crippen LogP contribution is -2.34. The van der Waals surface area contributed by atoms with Crippen molar-refractivity contribution in [3.8, 4) is 5.75 Å². The molecule has 1 amide bonds. The molecule has 1 aliphatic rings. The first-order valence-electron chi connectivity index (χ1n) is 12.1. The molecule has 3 aromatic rings. The van der Waals surface area contributed by atoms with E-state index in [4.69, 9.17) is 9.26 Å². The minimum Gasteiger partial charge on any atom is -0.494 e. The Kier molecular flexibility index (Phi) is 8.22. The smallest absolute Gasteiger partial charge is 0.275 e. The number of rotatable bonds is 11. The summed E-state index contributed by atoms with van der Waals surface area (Å²) in [6, 6.07) is 10.9. The van der Waals surface area contributed by atoms with Crippen LogP contribution < -0.4 is 15.6 Å². The van der Waals surface area contributed by atoms with E-state index in [1.165, 1.54) is 5.57 Å². The topological polar surface area (TPSA) is 92.8 Å². The molecule has 0 bridgehead atoms. The van der Waals surface area contributed by atoms with Crippen LogP contribution in [0.5, 0.6) is 5.75 Å². The van der Waals surface area contributed by atoms with Gasteiger partial charge in [-0.25, -0.2) is 0 Å². The normalized spacial score (nSPS) is 13.2. The summed E-state index contributed by atoms with van der Waals surface area (Å²) in [5.41, 5.74) is 2.45. The summed E-state index contributed by atoms with van der Waals surface area (Å²) in [4.78, 5) is 27.9. The summed E-state index contributed by atoms with van der Waals surface area (Å²) >= 11 is 0. The molecule has 1 N–H and O–H groups in total. The second kappa shape index (κ2) is 11.7. The van der Waals surface area contributed by atoms with Crippen LogP contribution in [0.1, 0.15) is 22.7 Å². The van der Waals surface area contributed by atoms with E-state index in [0.717, 1.165) is 42.7 Å². The lowest BCUT2D eigenvalue weighted by Gasteiger charge is -2.23. The summed E-state index contributed by atoms with van der Waals surface area (Å²) in [6.45, 7) is 6.20. The maximum absolute atomic E-state index is 12.3. The Labute approximate surface area is 210 Å². The van der Waals surface area contributed by atoms with Gasteiger partial charge < -0.3 is 28.9 Å². The molecule has 0 fully saturated rings. The molecule has 0 atom stereocenters. The Morgan fingerprint density at radius 2 is 2.11 bits per heavy atom. The van der Waals surface area contributed by atoms with E-state index >= 15 is 0 Å². The SMILES string of the molecule is Cc1cc(C(=O)N(C)CCNCC2=CCN(CCCOc3ccc4c(ccc(=O)n4C)c3)C=C2)no1. The number of nitrogens with zero attached hydrogens (tertiary/aromatic N) is 4. The number of fused-ring (bicyclic) bond motifs is 1. The fourth-order valence-corrected chi connectivity index (χ4v) is 4.02. The Morgan fingerprint density at radius 3 is 2.86 bits per heavy atom. The van der Waals surface area contributed by atoms with E-state index in [2.05, 4.69) is 33.7 Å². The summed E-state index contributed by atoms with van der Waals surface area (Å²) in [5.74, 6) is 1.30. The fraction of sp³-hybridized carbons (Fsp3) is 0.370. The summed E-state index contributed by atoms with van der Waals surface area (Å²) in [6.07, 6.45) is 7.37. The van der Waals surface area contributed by atoms with Gasteiger partial charge in [0.25, 0.3) is 11.5 Å². The van der Waals surface area contributed by atoms with Crippen LogP contribution in [0, 0.1) is 6.92 Å². The zero-order valence-electron chi connectivity index (χ0n) is 21.1. The van der Waals surface area contributed by atoms with Crippen LogP contribution in [0.15, 0.2) is 69.6 Å². The van der Waals surface area contributed by atoms with Crippen molar-refractivity contribution in [1.29, 1.82) is 0 Å². The molecule has 190 valence electrons. The minimum atomic E-state index is -0.141. The van der Waals surface area contributed by atoms with Crippen molar-refractivity contribution in [3.63, 3.8) is 0 Å². The molecule has 2 aromatic heterocycles. The molecule has 0 unspecified atom stereocenters. The molecule has 0 radical (unpaired) electrons. The molecule has 1 aliphatic heterocycles. The molecule has 9 nitrogen and oxygen atoms in total. The third kappa shape index (κ3) is 6.42. The Bertz CT molecular complexity index is 1320. The predicted molar refractivity (Wildman–Crippen MR) is 139 cm³/mol. The van der Waals surface area contributed by atoms with Crippen LogP contribution in [0.25, 0.3) is 10.9 Å². The van der Waals surface area contributed by atoms with Crippen LogP contribution in [-0.2, 0) is 7.05 Å². The largest absolute Gasteiger partial charge is 0.494 e. The summed E-state index contributed by atoms with van der Waals surface area (Å²) in [5, 5.41) is 8.15. The predicted octanol–water partition coefficient (Wildman–Crippen LogP) is 2.72. The molecule has 3 heterocycles. The van der Waals surface area contributed by atoms with Crippen molar-refractivity contribution in [2.75, 3.05) is 46.4 Å². The van der Waals surface area contributed by atoms with Gasteiger partial charge in [-0.1, -0.05) is 11.2 Å². The molecule has 9 heteroatoms. The number of carbonyl (C=O) groups is 1. The van der Waals surface area contributed by atoms with Crippen molar-refractivity contribution >= 4 is 16.8 Å². The van der Waals surface area contributed by atoms with Crippen molar-refractivity contribution in [2.24, 2.45) is 7.05 Å². The van der Waals surface area contributed by atoms with Crippen LogP contribution in [0.4, 0.5) is 0 Å². The average molecular weight is 492 g/mol. The number of hydrogen-bond donors (Lipinski definition) is 1. The number of aromatic nitrogens is 2. The van der Waals surface area contributed by atoms with Crippen LogP contribution in [-0.4, -0.2) is 71.8 Å². The number of aryl methyl sites for hydroxylation is 2. The van der Waals surface area contributed by atoms with E-state index < -0.39 is 0 Å². The molecule has 36 heavy (non-hydrogen) atoms. The Balaban J connectivity index is 1.11. The first-order valence-corrected chi connectivity index (χ1v) is 12.1. The molecular formula is C27H33N5O4. The van der Waals surface area contributed by atoms with Gasteiger partial charge in [-0.2, -0.15) is 0 Å². The van der Waals surface area contributed by atoms with Crippen LogP contribution >= 0.6 is 0 Å². The van der Waals surface area contributed by atoms with Gasteiger partial charge in [-0.15, -0.1) is 0 Å². The molecule has 0 saturated carbocycles. The second-order valence-corrected chi connectivity index (χ2v) is 8.97. The molecule has 0 aliphatic carbocycles. The number of benzene rings is 1. The number of likely N-dealkylation sites (N-methyl/N-ethyl adjacent to an activating group) is 1. The van der Waals surface area contributed by atoms with E-state index in [-0.39, 0.29) is 11.5 Å². The number of carbonyl (C=O) groups excluding carboxylic acids is 1. The lowest BCUT2D eigenvalue weighted by molar-refractivity contribution is 0.0786. The highest BCUT2D eigenvalue weighted by atomic mass is 16.5. The quantitative estimate of drug-likeness (QED) is 0.412. The van der Waals surface area contributed by atoms with Crippen LogP contribution in [0.2, 0.25) is 0 Å². The Hall–Kier alpha value is -3.85. The fourth-order valence-electron chi connectivity index (χ4n) is 4.02. The number of ether oxygens (including phenoxy) is 1. The van der Waals surface area contributed by atoms with Crippen LogP contribution in [0.3, 0.4) is 0 Å². The monoisotopic (exact) mass is 491 g/mol. The van der Waals surface area contributed by atoms with Crippen molar-refractivity contribution < 1.29 is 14.1 Å². The molecule has 1 aromatic carbocycles. The number of pyridine rings is 1. The molecule has 0 saturated heterocycles. The van der Waals surface area contributed by atoms with E-state index in [1.807, 2.05) is 24.3 Å². The minimum absolute atomic E-state index is 0.0166. The first kappa shape index (κ1) is 25.2. The third-order valence-corrected chi connectivity index (χ3v) is 6.19. The highest BCUT2D eigenvalue weighted by Crippen LogP contribution is 2.19. The first-order chi connectivity index (χ1) is 17.4. The zero-order valence-corrected chi connectivity index (χ0v) is 21.1. The maximum Gasteiger partial charge on any atom is 0.275 e. The van der Waals surface area contributed by atoms with Gasteiger partial charge >= 0.3 is 0 Å². The van der Waals surface area contributed by atoms with Crippen molar-refractivity contribution in [1.82, 2.24) is 24.8 Å².